The van der Waals surface area contributed by atoms with E-state index in [1.165, 1.54) is 0 Å². The first-order valence-corrected chi connectivity index (χ1v) is 3.84. The summed E-state index contributed by atoms with van der Waals surface area (Å²) in [6, 6.07) is 6.19. The number of ether oxygens (including phenoxy) is 1. The molecule has 0 saturated heterocycles. The van der Waals surface area contributed by atoms with E-state index in [0.717, 1.165) is 0 Å². The van der Waals surface area contributed by atoms with Crippen molar-refractivity contribution in [1.82, 2.24) is 0 Å². The minimum absolute atomic E-state index is 0.548. The second-order valence-electron chi connectivity index (χ2n) is 2.66. The Balaban J connectivity index is 2.94. The summed E-state index contributed by atoms with van der Waals surface area (Å²) < 4.78 is 4.98. The number of rotatable bonds is 3. The van der Waals surface area contributed by atoms with Gasteiger partial charge in [0.15, 0.2) is 0 Å². The molecule has 0 spiro atoms. The van der Waals surface area contributed by atoms with E-state index in [9.17, 15) is 4.79 Å². The minimum atomic E-state index is -0.768. The van der Waals surface area contributed by atoms with Crippen molar-refractivity contribution >= 4 is 5.91 Å². The molecule has 0 fully saturated rings. The predicted octanol–water partition coefficient (Wildman–Crippen LogP) is 0.180. The standard InChI is InChI=1S/C9H12N2O2/c1-13-7-4-2-3-6(5-7)8(10)9(11)12/h2-5,8H,10H2,1H3,(H2,11,12)/t8-/m1/s1. The smallest absolute Gasteiger partial charge is 0.238 e. The molecule has 1 rings (SSSR count). The highest BCUT2D eigenvalue weighted by Gasteiger charge is 2.11. The molecular formula is C9H12N2O2. The highest BCUT2D eigenvalue weighted by molar-refractivity contribution is 5.81. The van der Waals surface area contributed by atoms with Crippen LogP contribution in [0, 0.1) is 0 Å². The van der Waals surface area contributed by atoms with Crippen molar-refractivity contribution < 1.29 is 9.53 Å². The Labute approximate surface area is 76.5 Å². The number of hydrogen-bond acceptors (Lipinski definition) is 3. The first-order valence-electron chi connectivity index (χ1n) is 3.84. The maximum Gasteiger partial charge on any atom is 0.238 e. The largest absolute Gasteiger partial charge is 0.497 e. The lowest BCUT2D eigenvalue weighted by molar-refractivity contribution is -0.119. The van der Waals surface area contributed by atoms with Crippen molar-refractivity contribution in [2.75, 3.05) is 7.11 Å². The second-order valence-corrected chi connectivity index (χ2v) is 2.66. The number of hydrogen-bond donors (Lipinski definition) is 2. The van der Waals surface area contributed by atoms with Gasteiger partial charge in [0, 0.05) is 0 Å². The summed E-state index contributed by atoms with van der Waals surface area (Å²) in [6.45, 7) is 0. The van der Waals surface area contributed by atoms with E-state index in [-0.39, 0.29) is 0 Å². The zero-order valence-electron chi connectivity index (χ0n) is 7.36. The number of methoxy groups -OCH3 is 1. The van der Waals surface area contributed by atoms with Gasteiger partial charge in [-0.25, -0.2) is 0 Å². The molecule has 0 aliphatic carbocycles. The monoisotopic (exact) mass is 180 g/mol. The van der Waals surface area contributed by atoms with Gasteiger partial charge in [-0.05, 0) is 17.7 Å². The van der Waals surface area contributed by atoms with Crippen LogP contribution >= 0.6 is 0 Å². The van der Waals surface area contributed by atoms with Crippen molar-refractivity contribution in [3.63, 3.8) is 0 Å². The Morgan fingerprint density at radius 2 is 2.23 bits per heavy atom. The fraction of sp³-hybridized carbons (Fsp3) is 0.222. The molecule has 0 radical (unpaired) electrons. The fourth-order valence-corrected chi connectivity index (χ4v) is 0.999. The van der Waals surface area contributed by atoms with Crippen LogP contribution < -0.4 is 16.2 Å². The van der Waals surface area contributed by atoms with Crippen LogP contribution in [0.5, 0.6) is 5.75 Å². The minimum Gasteiger partial charge on any atom is -0.497 e. The van der Waals surface area contributed by atoms with Crippen LogP contribution in [0.2, 0.25) is 0 Å². The topological polar surface area (TPSA) is 78.3 Å². The van der Waals surface area contributed by atoms with E-state index in [0.29, 0.717) is 11.3 Å². The molecular weight excluding hydrogens is 168 g/mol. The van der Waals surface area contributed by atoms with Crippen molar-refractivity contribution in [2.24, 2.45) is 11.5 Å². The Bertz CT molecular complexity index is 312. The van der Waals surface area contributed by atoms with E-state index in [1.807, 2.05) is 0 Å². The van der Waals surface area contributed by atoms with Gasteiger partial charge in [0.1, 0.15) is 11.8 Å². The molecule has 4 N–H and O–H groups in total. The normalized spacial score (nSPS) is 12.2. The zero-order valence-corrected chi connectivity index (χ0v) is 7.36. The molecule has 1 aromatic carbocycles. The maximum atomic E-state index is 10.8. The molecule has 0 aliphatic heterocycles. The summed E-state index contributed by atoms with van der Waals surface area (Å²) in [5.74, 6) is 0.113. The fourth-order valence-electron chi connectivity index (χ4n) is 0.999. The van der Waals surface area contributed by atoms with Gasteiger partial charge in [-0.3, -0.25) is 4.79 Å². The van der Waals surface area contributed by atoms with Crippen molar-refractivity contribution in [3.8, 4) is 5.75 Å². The van der Waals surface area contributed by atoms with Gasteiger partial charge in [0.05, 0.1) is 7.11 Å². The zero-order chi connectivity index (χ0) is 9.84. The number of amides is 1. The van der Waals surface area contributed by atoms with Crippen LogP contribution in [0.25, 0.3) is 0 Å². The first-order chi connectivity index (χ1) is 6.15. The van der Waals surface area contributed by atoms with E-state index in [2.05, 4.69) is 0 Å². The molecule has 1 aromatic rings. The van der Waals surface area contributed by atoms with Gasteiger partial charge in [-0.1, -0.05) is 12.1 Å². The van der Waals surface area contributed by atoms with Gasteiger partial charge in [0.25, 0.3) is 0 Å². The molecule has 0 aromatic heterocycles. The molecule has 0 saturated carbocycles. The number of nitrogens with two attached hydrogens (primary N) is 2. The van der Waals surface area contributed by atoms with Crippen LogP contribution in [-0.2, 0) is 4.79 Å². The SMILES string of the molecule is COc1cccc([C@@H](N)C(N)=O)c1. The van der Waals surface area contributed by atoms with E-state index >= 15 is 0 Å². The lowest BCUT2D eigenvalue weighted by Gasteiger charge is -2.08. The molecule has 1 atom stereocenters. The lowest BCUT2D eigenvalue weighted by atomic mass is 10.1. The Morgan fingerprint density at radius 3 is 2.77 bits per heavy atom. The third-order valence-corrected chi connectivity index (χ3v) is 1.76. The third kappa shape index (κ3) is 2.19. The van der Waals surface area contributed by atoms with Gasteiger partial charge >= 0.3 is 0 Å². The quantitative estimate of drug-likeness (QED) is 0.696. The summed E-state index contributed by atoms with van der Waals surface area (Å²) in [5, 5.41) is 0. The average Bonchev–Trinajstić information content (AvgIpc) is 2.16. The van der Waals surface area contributed by atoms with Gasteiger partial charge < -0.3 is 16.2 Å². The van der Waals surface area contributed by atoms with Gasteiger partial charge in [0.2, 0.25) is 5.91 Å². The van der Waals surface area contributed by atoms with Gasteiger partial charge in [-0.2, -0.15) is 0 Å². The average molecular weight is 180 g/mol. The summed E-state index contributed by atoms with van der Waals surface area (Å²) in [4.78, 5) is 10.8. The summed E-state index contributed by atoms with van der Waals surface area (Å²) in [5.41, 5.74) is 11.2. The predicted molar refractivity (Wildman–Crippen MR) is 49.1 cm³/mol. The molecule has 0 heterocycles. The third-order valence-electron chi connectivity index (χ3n) is 1.76. The molecule has 4 heteroatoms. The van der Waals surface area contributed by atoms with Crippen LogP contribution in [0.4, 0.5) is 0 Å². The highest BCUT2D eigenvalue weighted by Crippen LogP contribution is 2.16. The van der Waals surface area contributed by atoms with E-state index in [4.69, 9.17) is 16.2 Å². The van der Waals surface area contributed by atoms with Crippen molar-refractivity contribution in [3.05, 3.63) is 29.8 Å². The van der Waals surface area contributed by atoms with Crippen LogP contribution in [0.1, 0.15) is 11.6 Å². The van der Waals surface area contributed by atoms with Gasteiger partial charge in [-0.15, -0.1) is 0 Å². The Hall–Kier alpha value is -1.55. The number of primary amides is 1. The molecule has 0 unspecified atom stereocenters. The van der Waals surface area contributed by atoms with Crippen molar-refractivity contribution in [2.45, 2.75) is 6.04 Å². The first kappa shape index (κ1) is 9.54. The lowest BCUT2D eigenvalue weighted by Crippen LogP contribution is -2.28. The molecule has 70 valence electrons. The number of carbonyl (C=O) groups excluding carboxylic acids is 1. The molecule has 1 amide bonds. The molecule has 0 bridgehead atoms. The molecule has 4 nitrogen and oxygen atoms in total. The summed E-state index contributed by atoms with van der Waals surface area (Å²) >= 11 is 0. The Kier molecular flexibility index (Phi) is 2.87. The Morgan fingerprint density at radius 1 is 1.54 bits per heavy atom. The molecule has 0 aliphatic rings. The van der Waals surface area contributed by atoms with Crippen LogP contribution in [0.3, 0.4) is 0 Å². The van der Waals surface area contributed by atoms with E-state index < -0.39 is 11.9 Å². The second kappa shape index (κ2) is 3.91. The van der Waals surface area contributed by atoms with Crippen molar-refractivity contribution in [1.29, 1.82) is 0 Å². The maximum absolute atomic E-state index is 10.8. The van der Waals surface area contributed by atoms with Crippen LogP contribution in [0.15, 0.2) is 24.3 Å². The summed E-state index contributed by atoms with van der Waals surface area (Å²) in [6.07, 6.45) is 0. The number of carbonyl (C=O) groups is 1. The van der Waals surface area contributed by atoms with E-state index in [1.54, 1.807) is 31.4 Å². The summed E-state index contributed by atoms with van der Waals surface area (Å²) in [7, 11) is 1.55. The highest BCUT2D eigenvalue weighted by atomic mass is 16.5. The van der Waals surface area contributed by atoms with Crippen LogP contribution in [-0.4, -0.2) is 13.0 Å². The number of benzene rings is 1. The molecule has 13 heavy (non-hydrogen) atoms.